The van der Waals surface area contributed by atoms with Crippen molar-refractivity contribution in [3.05, 3.63) is 29.8 Å². The van der Waals surface area contributed by atoms with E-state index in [0.717, 1.165) is 0 Å². The highest BCUT2D eigenvalue weighted by atomic mass is 32.2. The second-order valence-electron chi connectivity index (χ2n) is 6.89. The van der Waals surface area contributed by atoms with Gasteiger partial charge in [-0.3, -0.25) is 4.79 Å². The van der Waals surface area contributed by atoms with E-state index in [1.165, 1.54) is 29.2 Å². The summed E-state index contributed by atoms with van der Waals surface area (Å²) in [6.07, 6.45) is 0.403. The molecule has 134 valence electrons. The average molecular weight is 374 g/mol. The first-order valence-corrected chi connectivity index (χ1v) is 10.6. The Kier molecular flexibility index (Phi) is 4.82. The summed E-state index contributed by atoms with van der Waals surface area (Å²) in [6, 6.07) is 5.30. The molecule has 1 aromatic carbocycles. The van der Waals surface area contributed by atoms with E-state index in [0.29, 0.717) is 18.5 Å². The third-order valence-electron chi connectivity index (χ3n) is 4.15. The summed E-state index contributed by atoms with van der Waals surface area (Å²) < 4.78 is 46.6. The molecular formula is C15H22N2O5S2. The average Bonchev–Trinajstić information content (AvgIpc) is 2.95. The van der Waals surface area contributed by atoms with Gasteiger partial charge >= 0.3 is 0 Å². The lowest BCUT2D eigenvalue weighted by Gasteiger charge is -2.24. The van der Waals surface area contributed by atoms with Gasteiger partial charge < -0.3 is 4.90 Å². The monoisotopic (exact) mass is 374 g/mol. The van der Waals surface area contributed by atoms with E-state index in [2.05, 4.69) is 0 Å². The zero-order valence-electron chi connectivity index (χ0n) is 13.9. The zero-order chi connectivity index (χ0) is 18.3. The third-order valence-corrected chi connectivity index (χ3v) is 8.05. The van der Waals surface area contributed by atoms with Gasteiger partial charge in [-0.05, 0) is 51.5 Å². The Morgan fingerprint density at radius 3 is 2.12 bits per heavy atom. The molecule has 1 heterocycles. The minimum Gasteiger partial charge on any atom is -0.337 e. The fraction of sp³-hybridized carbons (Fsp3) is 0.533. The number of sulfone groups is 1. The van der Waals surface area contributed by atoms with E-state index in [1.807, 2.05) is 0 Å². The first kappa shape index (κ1) is 18.9. The Balaban J connectivity index is 2.16. The molecule has 9 heteroatoms. The lowest BCUT2D eigenvalue weighted by molar-refractivity contribution is 0.0793. The van der Waals surface area contributed by atoms with Crippen molar-refractivity contribution in [2.45, 2.75) is 42.1 Å². The maximum Gasteiger partial charge on any atom is 0.253 e. The summed E-state index contributed by atoms with van der Waals surface area (Å²) in [5, 5.41) is 4.44. The summed E-state index contributed by atoms with van der Waals surface area (Å²) in [5.41, 5.74) is 0.302. The maximum atomic E-state index is 12.5. The van der Waals surface area contributed by atoms with Gasteiger partial charge in [-0.2, -0.15) is 0 Å². The summed E-state index contributed by atoms with van der Waals surface area (Å²) in [6.45, 7) is 5.46. The van der Waals surface area contributed by atoms with Crippen molar-refractivity contribution in [1.29, 1.82) is 0 Å². The molecular weight excluding hydrogens is 352 g/mol. The van der Waals surface area contributed by atoms with Crippen molar-refractivity contribution in [1.82, 2.24) is 4.90 Å². The Labute approximate surface area is 142 Å². The summed E-state index contributed by atoms with van der Waals surface area (Å²) >= 11 is 0. The molecule has 1 aliphatic heterocycles. The Hall–Kier alpha value is -1.45. The second kappa shape index (κ2) is 6.12. The zero-order valence-corrected chi connectivity index (χ0v) is 15.5. The lowest BCUT2D eigenvalue weighted by atomic mass is 10.2. The number of hydrogen-bond acceptors (Lipinski definition) is 5. The molecule has 0 saturated carbocycles. The number of nitrogens with zero attached hydrogens (tertiary/aromatic N) is 1. The number of sulfonamides is 1. The van der Waals surface area contributed by atoms with E-state index in [1.54, 1.807) is 20.8 Å². The van der Waals surface area contributed by atoms with Gasteiger partial charge in [0.15, 0.2) is 9.84 Å². The van der Waals surface area contributed by atoms with E-state index in [4.69, 9.17) is 5.14 Å². The second-order valence-corrected chi connectivity index (χ2v) is 11.4. The molecule has 7 nitrogen and oxygen atoms in total. The van der Waals surface area contributed by atoms with Crippen LogP contribution in [-0.4, -0.2) is 50.7 Å². The number of hydrogen-bond donors (Lipinski definition) is 1. The smallest absolute Gasteiger partial charge is 0.253 e. The van der Waals surface area contributed by atoms with Crippen LogP contribution in [0.5, 0.6) is 0 Å². The van der Waals surface area contributed by atoms with Gasteiger partial charge in [-0.1, -0.05) is 0 Å². The number of benzene rings is 1. The Morgan fingerprint density at radius 1 is 1.12 bits per heavy atom. The number of primary sulfonamides is 1. The number of carbonyl (C=O) groups excluding carboxylic acids is 1. The van der Waals surface area contributed by atoms with Gasteiger partial charge in [-0.15, -0.1) is 0 Å². The maximum absolute atomic E-state index is 12.5. The highest BCUT2D eigenvalue weighted by Crippen LogP contribution is 2.27. The van der Waals surface area contributed by atoms with Crippen LogP contribution in [0.2, 0.25) is 0 Å². The van der Waals surface area contributed by atoms with E-state index >= 15 is 0 Å². The number of nitrogens with two attached hydrogens (primary N) is 1. The molecule has 0 spiro atoms. The van der Waals surface area contributed by atoms with Crippen LogP contribution in [0.4, 0.5) is 0 Å². The van der Waals surface area contributed by atoms with Crippen LogP contribution in [0.25, 0.3) is 0 Å². The highest BCUT2D eigenvalue weighted by molar-refractivity contribution is 7.93. The van der Waals surface area contributed by atoms with Crippen molar-refractivity contribution in [3.63, 3.8) is 0 Å². The molecule has 0 unspecified atom stereocenters. The van der Waals surface area contributed by atoms with Crippen LogP contribution >= 0.6 is 0 Å². The van der Waals surface area contributed by atoms with Crippen LogP contribution in [0.1, 0.15) is 37.6 Å². The number of likely N-dealkylation sites (tertiary alicyclic amines) is 1. The van der Waals surface area contributed by atoms with E-state index < -0.39 is 29.9 Å². The van der Waals surface area contributed by atoms with Crippen molar-refractivity contribution >= 4 is 25.8 Å². The predicted molar refractivity (Wildman–Crippen MR) is 90.8 cm³/mol. The first-order valence-electron chi connectivity index (χ1n) is 7.49. The van der Waals surface area contributed by atoms with Crippen LogP contribution in [0, 0.1) is 0 Å². The molecule has 1 atom stereocenters. The Bertz CT molecular complexity index is 837. The van der Waals surface area contributed by atoms with Crippen LogP contribution in [0.15, 0.2) is 29.2 Å². The summed E-state index contributed by atoms with van der Waals surface area (Å²) in [4.78, 5) is 13.9. The highest BCUT2D eigenvalue weighted by Gasteiger charge is 2.41. The predicted octanol–water partition coefficient (Wildman–Crippen LogP) is 0.762. The molecule has 0 aliphatic carbocycles. The molecule has 0 radical (unpaired) electrons. The van der Waals surface area contributed by atoms with Gasteiger partial charge in [0.05, 0.1) is 14.9 Å². The standard InChI is InChI=1S/C15H22N2O5S2/c1-15(2,3)23(19,20)13-8-9-17(10-13)14(18)11-4-6-12(7-5-11)24(16,21)22/h4-7,13H,8-10H2,1-3H3,(H2,16,21,22)/t13-/m1/s1. The molecule has 1 aliphatic rings. The Morgan fingerprint density at radius 2 is 1.67 bits per heavy atom. The first-order chi connectivity index (χ1) is 10.8. The molecule has 1 saturated heterocycles. The van der Waals surface area contributed by atoms with Crippen molar-refractivity contribution in [2.24, 2.45) is 5.14 Å². The van der Waals surface area contributed by atoms with Crippen LogP contribution < -0.4 is 5.14 Å². The minimum absolute atomic E-state index is 0.0753. The summed E-state index contributed by atoms with van der Waals surface area (Å²) in [5.74, 6) is -0.317. The fourth-order valence-electron chi connectivity index (χ4n) is 2.64. The molecule has 1 amide bonds. The largest absolute Gasteiger partial charge is 0.337 e. The molecule has 1 aromatic rings. The molecule has 24 heavy (non-hydrogen) atoms. The topological polar surface area (TPSA) is 115 Å². The van der Waals surface area contributed by atoms with Gasteiger partial charge in [0.2, 0.25) is 10.0 Å². The molecule has 2 rings (SSSR count). The summed E-state index contributed by atoms with van der Waals surface area (Å²) in [7, 11) is -7.15. The van der Waals surface area contributed by atoms with Crippen molar-refractivity contribution in [2.75, 3.05) is 13.1 Å². The van der Waals surface area contributed by atoms with Gasteiger partial charge in [0.25, 0.3) is 5.91 Å². The third kappa shape index (κ3) is 3.62. The van der Waals surface area contributed by atoms with Gasteiger partial charge in [0.1, 0.15) is 0 Å². The lowest BCUT2D eigenvalue weighted by Crippen LogP contribution is -2.39. The van der Waals surface area contributed by atoms with E-state index in [9.17, 15) is 21.6 Å². The molecule has 1 fully saturated rings. The van der Waals surface area contributed by atoms with Gasteiger partial charge in [0, 0.05) is 18.7 Å². The molecule has 2 N–H and O–H groups in total. The SMILES string of the molecule is CC(C)(C)S(=O)(=O)[C@@H]1CCN(C(=O)c2ccc(S(N)(=O)=O)cc2)C1. The van der Waals surface area contributed by atoms with E-state index in [-0.39, 0.29) is 17.3 Å². The van der Waals surface area contributed by atoms with Crippen LogP contribution in [0.3, 0.4) is 0 Å². The fourth-order valence-corrected chi connectivity index (χ4v) is 4.94. The normalized spacial score (nSPS) is 19.5. The number of amides is 1. The van der Waals surface area contributed by atoms with Crippen LogP contribution in [-0.2, 0) is 19.9 Å². The number of carbonyl (C=O) groups is 1. The molecule has 0 bridgehead atoms. The van der Waals surface area contributed by atoms with Gasteiger partial charge in [-0.25, -0.2) is 22.0 Å². The number of rotatable bonds is 3. The van der Waals surface area contributed by atoms with Crippen molar-refractivity contribution < 1.29 is 21.6 Å². The molecule has 0 aromatic heterocycles. The minimum atomic E-state index is -3.81. The quantitative estimate of drug-likeness (QED) is 0.839. The van der Waals surface area contributed by atoms with Crippen molar-refractivity contribution in [3.8, 4) is 0 Å².